The van der Waals surface area contributed by atoms with E-state index in [0.29, 0.717) is 0 Å². The average Bonchev–Trinajstić information content (AvgIpc) is 3.63. The van der Waals surface area contributed by atoms with E-state index in [2.05, 4.69) is 210 Å². The minimum Gasteiger partial charge on any atom is -0.458 e. The standard InChI is InChI=1S/C54H33BN2O2/c1-3-18-37(19-4-1)56(45-25-13-17-34-14-7-10-22-40(34)45)39-28-29-43-44-33-49-52-54(53(44)57(46(43)32-39)38-20-5-2-6-21-38)59-48-31-27-36-16-9-12-24-42(36)51(48)55(52)50-41-23-11-8-15-35(41)26-30-47(50)58-49/h1-33H. The molecule has 0 saturated heterocycles. The molecule has 5 heteroatoms. The van der Waals surface area contributed by atoms with Gasteiger partial charge >= 0.3 is 0 Å². The number of hydrogen-bond donors (Lipinski definition) is 0. The lowest BCUT2D eigenvalue weighted by molar-refractivity contribution is 0.468. The summed E-state index contributed by atoms with van der Waals surface area (Å²) in [5, 5.41) is 9.34. The number of rotatable bonds is 4. The predicted molar refractivity (Wildman–Crippen MR) is 246 cm³/mol. The molecule has 10 aromatic carbocycles. The highest BCUT2D eigenvalue weighted by molar-refractivity contribution is 7.01. The third kappa shape index (κ3) is 4.67. The fourth-order valence-electron chi connectivity index (χ4n) is 9.96. The van der Waals surface area contributed by atoms with Gasteiger partial charge in [-0.25, -0.2) is 0 Å². The average molecular weight is 753 g/mol. The second-order valence-electron chi connectivity index (χ2n) is 15.6. The summed E-state index contributed by atoms with van der Waals surface area (Å²) in [5.41, 5.74) is 9.84. The SMILES string of the molecule is c1ccc(N(c2ccc3c4cc5c6c(c4n(-c4ccccc4)c3c2)Oc2ccc3ccccc3c2B6c2c(ccc3ccccc23)O5)c2cccc3ccccc23)cc1. The molecular formula is C54H33BN2O2. The molecule has 1 aromatic heterocycles. The zero-order valence-corrected chi connectivity index (χ0v) is 31.8. The fourth-order valence-corrected chi connectivity index (χ4v) is 9.96. The van der Waals surface area contributed by atoms with Crippen molar-refractivity contribution in [2.75, 3.05) is 4.90 Å². The van der Waals surface area contributed by atoms with Gasteiger partial charge in [-0.3, -0.25) is 0 Å². The van der Waals surface area contributed by atoms with Crippen LogP contribution in [0.15, 0.2) is 200 Å². The lowest BCUT2D eigenvalue weighted by atomic mass is 9.33. The summed E-state index contributed by atoms with van der Waals surface area (Å²) in [6.07, 6.45) is 0. The Balaban J connectivity index is 1.14. The maximum Gasteiger partial charge on any atom is 0.262 e. The van der Waals surface area contributed by atoms with E-state index in [0.717, 1.165) is 73.0 Å². The van der Waals surface area contributed by atoms with Crippen LogP contribution in [0, 0.1) is 0 Å². The van der Waals surface area contributed by atoms with Crippen molar-refractivity contribution in [2.45, 2.75) is 0 Å². The molecule has 2 aliphatic heterocycles. The van der Waals surface area contributed by atoms with E-state index < -0.39 is 0 Å². The number of hydrogen-bond acceptors (Lipinski definition) is 3. The van der Waals surface area contributed by atoms with Gasteiger partial charge in [0.25, 0.3) is 6.71 Å². The van der Waals surface area contributed by atoms with Gasteiger partial charge in [0.1, 0.15) is 17.2 Å². The Hall–Kier alpha value is -7.76. The minimum atomic E-state index is -0.119. The highest BCUT2D eigenvalue weighted by Crippen LogP contribution is 2.47. The molecule has 59 heavy (non-hydrogen) atoms. The molecule has 0 spiro atoms. The van der Waals surface area contributed by atoms with Gasteiger partial charge in [-0.15, -0.1) is 0 Å². The first-order valence-electron chi connectivity index (χ1n) is 20.2. The van der Waals surface area contributed by atoms with Crippen molar-refractivity contribution in [1.82, 2.24) is 4.57 Å². The summed E-state index contributed by atoms with van der Waals surface area (Å²) in [7, 11) is 0. The number of ether oxygens (including phenoxy) is 2. The molecular weight excluding hydrogens is 719 g/mol. The highest BCUT2D eigenvalue weighted by Gasteiger charge is 2.44. The number of anilines is 3. The van der Waals surface area contributed by atoms with E-state index in [1.165, 1.54) is 43.2 Å². The van der Waals surface area contributed by atoms with Crippen LogP contribution in [0.5, 0.6) is 23.0 Å². The highest BCUT2D eigenvalue weighted by atomic mass is 16.5. The van der Waals surface area contributed by atoms with Crippen molar-refractivity contribution in [3.63, 3.8) is 0 Å². The monoisotopic (exact) mass is 752 g/mol. The van der Waals surface area contributed by atoms with E-state index in [9.17, 15) is 0 Å². The molecule has 274 valence electrons. The van der Waals surface area contributed by atoms with Crippen LogP contribution in [0.3, 0.4) is 0 Å². The molecule has 4 nitrogen and oxygen atoms in total. The summed E-state index contributed by atoms with van der Waals surface area (Å²) in [6, 6.07) is 71.7. The van der Waals surface area contributed by atoms with Crippen molar-refractivity contribution in [1.29, 1.82) is 0 Å². The van der Waals surface area contributed by atoms with Crippen LogP contribution in [0.1, 0.15) is 0 Å². The lowest BCUT2D eigenvalue weighted by Crippen LogP contribution is -2.58. The van der Waals surface area contributed by atoms with Gasteiger partial charge in [0.05, 0.1) is 16.7 Å². The predicted octanol–water partition coefficient (Wildman–Crippen LogP) is 12.4. The summed E-state index contributed by atoms with van der Waals surface area (Å²) < 4.78 is 16.8. The third-order valence-corrected chi connectivity index (χ3v) is 12.4. The van der Waals surface area contributed by atoms with Gasteiger partial charge in [-0.2, -0.15) is 0 Å². The van der Waals surface area contributed by atoms with Gasteiger partial charge in [-0.1, -0.05) is 140 Å². The summed E-state index contributed by atoms with van der Waals surface area (Å²) in [5.74, 6) is 3.42. The zero-order valence-electron chi connectivity index (χ0n) is 31.8. The van der Waals surface area contributed by atoms with Crippen LogP contribution in [0.25, 0.3) is 59.8 Å². The van der Waals surface area contributed by atoms with Gasteiger partial charge in [0, 0.05) is 38.7 Å². The topological polar surface area (TPSA) is 26.6 Å². The number of benzene rings is 10. The van der Waals surface area contributed by atoms with Gasteiger partial charge in [0.2, 0.25) is 0 Å². The molecule has 3 heterocycles. The Morgan fingerprint density at radius 2 is 0.983 bits per heavy atom. The maximum atomic E-state index is 7.32. The smallest absolute Gasteiger partial charge is 0.262 e. The lowest BCUT2D eigenvalue weighted by Gasteiger charge is -2.35. The van der Waals surface area contributed by atoms with Crippen LogP contribution in [-0.2, 0) is 0 Å². The number of aromatic nitrogens is 1. The molecule has 13 rings (SSSR count). The molecule has 0 aliphatic carbocycles. The largest absolute Gasteiger partial charge is 0.458 e. The fraction of sp³-hybridized carbons (Fsp3) is 0. The third-order valence-electron chi connectivity index (χ3n) is 12.4. The van der Waals surface area contributed by atoms with Gasteiger partial charge < -0.3 is 18.9 Å². The van der Waals surface area contributed by atoms with Gasteiger partial charge in [0.15, 0.2) is 5.75 Å². The van der Waals surface area contributed by atoms with Crippen molar-refractivity contribution in [2.24, 2.45) is 0 Å². The van der Waals surface area contributed by atoms with Crippen molar-refractivity contribution in [3.8, 4) is 28.7 Å². The normalized spacial score (nSPS) is 12.6. The summed E-state index contributed by atoms with van der Waals surface area (Å²) in [4.78, 5) is 2.38. The van der Waals surface area contributed by atoms with Crippen molar-refractivity contribution >= 4 is 94.3 Å². The quantitative estimate of drug-likeness (QED) is 0.168. The van der Waals surface area contributed by atoms with E-state index in [4.69, 9.17) is 9.47 Å². The Kier molecular flexibility index (Phi) is 6.78. The first-order chi connectivity index (χ1) is 29.3. The Labute approximate surface area is 340 Å². The van der Waals surface area contributed by atoms with Crippen LogP contribution in [0.4, 0.5) is 17.1 Å². The first-order valence-corrected chi connectivity index (χ1v) is 20.2. The zero-order chi connectivity index (χ0) is 38.6. The van der Waals surface area contributed by atoms with Crippen molar-refractivity contribution < 1.29 is 9.47 Å². The van der Waals surface area contributed by atoms with Crippen LogP contribution < -0.4 is 30.8 Å². The molecule has 0 radical (unpaired) electrons. The minimum absolute atomic E-state index is 0.119. The maximum absolute atomic E-state index is 7.32. The molecule has 0 bridgehead atoms. The van der Waals surface area contributed by atoms with E-state index in [1.807, 2.05) is 0 Å². The Bertz CT molecular complexity index is 3470. The Morgan fingerprint density at radius 1 is 0.390 bits per heavy atom. The van der Waals surface area contributed by atoms with E-state index in [1.54, 1.807) is 0 Å². The second kappa shape index (κ2) is 12.4. The molecule has 0 atom stereocenters. The molecule has 0 N–H and O–H groups in total. The second-order valence-corrected chi connectivity index (χ2v) is 15.6. The van der Waals surface area contributed by atoms with Crippen LogP contribution in [0.2, 0.25) is 0 Å². The molecule has 0 saturated carbocycles. The molecule has 2 aliphatic rings. The van der Waals surface area contributed by atoms with Gasteiger partial charge in [-0.05, 0) is 98.5 Å². The van der Waals surface area contributed by atoms with E-state index in [-0.39, 0.29) is 6.71 Å². The van der Waals surface area contributed by atoms with Crippen LogP contribution in [-0.4, -0.2) is 11.3 Å². The first kappa shape index (κ1) is 32.3. The molecule has 0 unspecified atom stereocenters. The summed E-state index contributed by atoms with van der Waals surface area (Å²) >= 11 is 0. The summed E-state index contributed by atoms with van der Waals surface area (Å²) in [6.45, 7) is -0.119. The Morgan fingerprint density at radius 3 is 1.69 bits per heavy atom. The number of para-hydroxylation sites is 2. The van der Waals surface area contributed by atoms with Crippen LogP contribution >= 0.6 is 0 Å². The number of nitrogens with zero attached hydrogens (tertiary/aromatic N) is 2. The number of fused-ring (bicyclic) bond motifs is 13. The van der Waals surface area contributed by atoms with Crippen molar-refractivity contribution in [3.05, 3.63) is 200 Å². The molecule has 11 aromatic rings. The molecule has 0 amide bonds. The molecule has 0 fully saturated rings. The van der Waals surface area contributed by atoms with E-state index >= 15 is 0 Å².